The predicted molar refractivity (Wildman–Crippen MR) is 81.0 cm³/mol. The molecule has 0 aliphatic carbocycles. The first-order valence-corrected chi connectivity index (χ1v) is 6.90. The highest BCUT2D eigenvalue weighted by Gasteiger charge is 2.20. The maximum Gasteiger partial charge on any atom is 0.339 e. The van der Waals surface area contributed by atoms with E-state index in [1.807, 2.05) is 13.0 Å². The highest BCUT2D eigenvalue weighted by Crippen LogP contribution is 2.13. The van der Waals surface area contributed by atoms with Crippen molar-refractivity contribution in [2.24, 2.45) is 0 Å². The number of anilines is 1. The van der Waals surface area contributed by atoms with Gasteiger partial charge in [-0.2, -0.15) is 0 Å². The van der Waals surface area contributed by atoms with E-state index in [-0.39, 0.29) is 5.56 Å². The average Bonchev–Trinajstić information content (AvgIpc) is 2.46. The topological polar surface area (TPSA) is 55.4 Å². The SMILES string of the molecule is Cc1cccc(NC(=O)[C@H](C)OC(=O)c2cc(F)cc(F)c2)c1. The first-order chi connectivity index (χ1) is 10.8. The molecule has 2 aromatic carbocycles. The number of hydrogen-bond donors (Lipinski definition) is 1. The Labute approximate surface area is 132 Å². The van der Waals surface area contributed by atoms with E-state index in [9.17, 15) is 18.4 Å². The largest absolute Gasteiger partial charge is 0.449 e. The van der Waals surface area contributed by atoms with E-state index in [2.05, 4.69) is 5.32 Å². The van der Waals surface area contributed by atoms with Crippen LogP contribution >= 0.6 is 0 Å². The molecule has 1 amide bonds. The number of amides is 1. The molecule has 0 saturated heterocycles. The maximum absolute atomic E-state index is 13.1. The smallest absolute Gasteiger partial charge is 0.339 e. The summed E-state index contributed by atoms with van der Waals surface area (Å²) < 4.78 is 31.1. The van der Waals surface area contributed by atoms with Gasteiger partial charge in [0.2, 0.25) is 0 Å². The minimum atomic E-state index is -1.12. The van der Waals surface area contributed by atoms with Gasteiger partial charge in [0, 0.05) is 11.8 Å². The third-order valence-electron chi connectivity index (χ3n) is 3.04. The van der Waals surface area contributed by atoms with E-state index in [1.165, 1.54) is 6.92 Å². The molecular formula is C17H15F2NO3. The fraction of sp³-hybridized carbons (Fsp3) is 0.176. The van der Waals surface area contributed by atoms with Gasteiger partial charge in [-0.3, -0.25) is 4.79 Å². The number of carbonyl (C=O) groups is 2. The van der Waals surface area contributed by atoms with Gasteiger partial charge in [-0.05, 0) is 43.7 Å². The monoisotopic (exact) mass is 319 g/mol. The van der Waals surface area contributed by atoms with Gasteiger partial charge in [0.05, 0.1) is 5.56 Å². The molecule has 4 nitrogen and oxygen atoms in total. The van der Waals surface area contributed by atoms with Gasteiger partial charge < -0.3 is 10.1 Å². The Morgan fingerprint density at radius 3 is 2.35 bits per heavy atom. The first kappa shape index (κ1) is 16.6. The summed E-state index contributed by atoms with van der Waals surface area (Å²) in [6.07, 6.45) is -1.12. The van der Waals surface area contributed by atoms with Crippen LogP contribution in [0.2, 0.25) is 0 Å². The van der Waals surface area contributed by atoms with Crippen molar-refractivity contribution in [1.29, 1.82) is 0 Å². The Morgan fingerprint density at radius 2 is 1.74 bits per heavy atom. The van der Waals surface area contributed by atoms with Crippen molar-refractivity contribution in [1.82, 2.24) is 0 Å². The van der Waals surface area contributed by atoms with Gasteiger partial charge in [0.25, 0.3) is 5.91 Å². The number of hydrogen-bond acceptors (Lipinski definition) is 3. The summed E-state index contributed by atoms with van der Waals surface area (Å²) in [5.74, 6) is -3.31. The number of halogens is 2. The highest BCUT2D eigenvalue weighted by molar-refractivity contribution is 5.97. The summed E-state index contributed by atoms with van der Waals surface area (Å²) in [6.45, 7) is 3.25. The van der Waals surface area contributed by atoms with E-state index < -0.39 is 29.6 Å². The Morgan fingerprint density at radius 1 is 1.09 bits per heavy atom. The molecule has 0 saturated carbocycles. The molecule has 0 heterocycles. The van der Waals surface area contributed by atoms with Crippen LogP contribution in [0.4, 0.5) is 14.5 Å². The summed E-state index contributed by atoms with van der Waals surface area (Å²) in [5.41, 5.74) is 1.23. The molecule has 2 rings (SSSR count). The number of rotatable bonds is 4. The van der Waals surface area contributed by atoms with Crippen molar-refractivity contribution < 1.29 is 23.1 Å². The molecule has 0 bridgehead atoms. The minimum absolute atomic E-state index is 0.294. The van der Waals surface area contributed by atoms with Crippen LogP contribution < -0.4 is 5.32 Å². The third kappa shape index (κ3) is 4.60. The molecular weight excluding hydrogens is 304 g/mol. The number of aryl methyl sites for hydroxylation is 1. The molecule has 0 aliphatic rings. The molecule has 6 heteroatoms. The lowest BCUT2D eigenvalue weighted by atomic mass is 10.2. The van der Waals surface area contributed by atoms with Crippen LogP contribution in [0.5, 0.6) is 0 Å². The number of benzene rings is 2. The van der Waals surface area contributed by atoms with Gasteiger partial charge in [-0.25, -0.2) is 13.6 Å². The average molecular weight is 319 g/mol. The molecule has 0 aliphatic heterocycles. The maximum atomic E-state index is 13.1. The second-order valence-corrected chi connectivity index (χ2v) is 5.06. The second-order valence-electron chi connectivity index (χ2n) is 5.06. The first-order valence-electron chi connectivity index (χ1n) is 6.90. The Hall–Kier alpha value is -2.76. The highest BCUT2D eigenvalue weighted by atomic mass is 19.1. The van der Waals surface area contributed by atoms with Crippen LogP contribution in [-0.2, 0) is 9.53 Å². The van der Waals surface area contributed by atoms with Crippen LogP contribution in [0.25, 0.3) is 0 Å². The van der Waals surface area contributed by atoms with Crippen LogP contribution in [-0.4, -0.2) is 18.0 Å². The van der Waals surface area contributed by atoms with E-state index in [0.717, 1.165) is 17.7 Å². The zero-order chi connectivity index (χ0) is 17.0. The molecule has 0 spiro atoms. The summed E-state index contributed by atoms with van der Waals surface area (Å²) in [7, 11) is 0. The quantitative estimate of drug-likeness (QED) is 0.878. The Kier molecular flexibility index (Phi) is 5.05. The van der Waals surface area contributed by atoms with E-state index in [4.69, 9.17) is 4.74 Å². The van der Waals surface area contributed by atoms with Crippen LogP contribution in [0.15, 0.2) is 42.5 Å². The molecule has 120 valence electrons. The van der Waals surface area contributed by atoms with Crippen molar-refractivity contribution in [2.75, 3.05) is 5.32 Å². The summed E-state index contributed by atoms with van der Waals surface area (Å²) in [4.78, 5) is 23.8. The third-order valence-corrected chi connectivity index (χ3v) is 3.04. The van der Waals surface area contributed by atoms with Crippen molar-refractivity contribution in [2.45, 2.75) is 20.0 Å². The Bertz CT molecular complexity index is 726. The molecule has 0 radical (unpaired) electrons. The van der Waals surface area contributed by atoms with Crippen molar-refractivity contribution in [3.8, 4) is 0 Å². The van der Waals surface area contributed by atoms with Gasteiger partial charge in [0.1, 0.15) is 11.6 Å². The lowest BCUT2D eigenvalue weighted by molar-refractivity contribution is -0.123. The van der Waals surface area contributed by atoms with Gasteiger partial charge in [0.15, 0.2) is 6.10 Å². The lowest BCUT2D eigenvalue weighted by Crippen LogP contribution is -2.30. The molecule has 0 unspecified atom stereocenters. The van der Waals surface area contributed by atoms with Gasteiger partial charge in [-0.15, -0.1) is 0 Å². The molecule has 23 heavy (non-hydrogen) atoms. The van der Waals surface area contributed by atoms with Crippen LogP contribution in [0.3, 0.4) is 0 Å². The van der Waals surface area contributed by atoms with Crippen LogP contribution in [0.1, 0.15) is 22.8 Å². The van der Waals surface area contributed by atoms with Crippen LogP contribution in [0, 0.1) is 18.6 Å². The molecule has 0 fully saturated rings. The van der Waals surface area contributed by atoms with Crippen molar-refractivity contribution >= 4 is 17.6 Å². The van der Waals surface area contributed by atoms with Crippen molar-refractivity contribution in [3.05, 3.63) is 65.2 Å². The standard InChI is InChI=1S/C17H15F2NO3/c1-10-4-3-5-15(6-10)20-16(21)11(2)23-17(22)12-7-13(18)9-14(19)8-12/h3-9,11H,1-2H3,(H,20,21)/t11-/m0/s1. The lowest BCUT2D eigenvalue weighted by Gasteiger charge is -2.14. The van der Waals surface area contributed by atoms with Crippen molar-refractivity contribution in [3.63, 3.8) is 0 Å². The minimum Gasteiger partial charge on any atom is -0.449 e. The number of esters is 1. The fourth-order valence-electron chi connectivity index (χ4n) is 1.92. The number of ether oxygens (including phenoxy) is 1. The number of nitrogens with one attached hydrogen (secondary N) is 1. The Balaban J connectivity index is 2.01. The second kappa shape index (κ2) is 7.00. The summed E-state index contributed by atoms with van der Waals surface area (Å²) >= 11 is 0. The predicted octanol–water partition coefficient (Wildman–Crippen LogP) is 3.46. The summed E-state index contributed by atoms with van der Waals surface area (Å²) in [5, 5.41) is 2.60. The van der Waals surface area contributed by atoms with E-state index in [0.29, 0.717) is 11.8 Å². The van der Waals surface area contributed by atoms with Gasteiger partial charge >= 0.3 is 5.97 Å². The van der Waals surface area contributed by atoms with Gasteiger partial charge in [-0.1, -0.05) is 12.1 Å². The fourth-order valence-corrected chi connectivity index (χ4v) is 1.92. The molecule has 1 N–H and O–H groups in total. The zero-order valence-corrected chi connectivity index (χ0v) is 12.6. The summed E-state index contributed by atoms with van der Waals surface area (Å²) in [6, 6.07) is 9.43. The molecule has 0 aromatic heterocycles. The molecule has 2 aromatic rings. The number of carbonyl (C=O) groups excluding carboxylic acids is 2. The van der Waals surface area contributed by atoms with E-state index in [1.54, 1.807) is 18.2 Å². The normalized spacial score (nSPS) is 11.7. The zero-order valence-electron chi connectivity index (χ0n) is 12.6. The van der Waals surface area contributed by atoms with E-state index >= 15 is 0 Å². The molecule has 1 atom stereocenters.